The molecule has 0 aliphatic heterocycles. The summed E-state index contributed by atoms with van der Waals surface area (Å²) in [4.78, 5) is 4.69. The molecule has 1 fully saturated rings. The second-order valence-electron chi connectivity index (χ2n) is 6.14. The van der Waals surface area contributed by atoms with Gasteiger partial charge in [-0.1, -0.05) is 6.42 Å². The Bertz CT molecular complexity index is 674. The first-order valence-electron chi connectivity index (χ1n) is 7.03. The number of pyridine rings is 1. The highest BCUT2D eigenvalue weighted by Crippen LogP contribution is 2.51. The highest BCUT2D eigenvalue weighted by molar-refractivity contribution is 5.92. The van der Waals surface area contributed by atoms with Crippen molar-refractivity contribution >= 4 is 16.6 Å². The maximum Gasteiger partial charge on any atom is 0.125 e. The van der Waals surface area contributed by atoms with Gasteiger partial charge in [0.1, 0.15) is 5.82 Å². The molecule has 2 N–H and O–H groups in total. The Balaban J connectivity index is 1.90. The van der Waals surface area contributed by atoms with Crippen LogP contribution in [0.2, 0.25) is 0 Å². The molecule has 0 unspecified atom stereocenters. The highest BCUT2D eigenvalue weighted by atomic mass is 19.1. The number of rotatable bonds is 0. The molecule has 2 aromatic rings. The highest BCUT2D eigenvalue weighted by Gasteiger charge is 2.40. The van der Waals surface area contributed by atoms with E-state index in [9.17, 15) is 4.39 Å². The third-order valence-electron chi connectivity index (χ3n) is 5.04. The van der Waals surface area contributed by atoms with E-state index < -0.39 is 0 Å². The molecule has 1 aromatic heterocycles. The predicted octanol–water partition coefficient (Wildman–Crippen LogP) is 3.62. The summed E-state index contributed by atoms with van der Waals surface area (Å²) in [6.45, 7) is 0. The standard InChI is InChI=1S/C16H17FN2/c17-10-2-3-11-13(8-10)19-14-9-16(5-1-6-16)7-4-12(14)15(11)18/h2-3,8H,1,4-7,9H2,(H2,18,19). The van der Waals surface area contributed by atoms with E-state index in [0.29, 0.717) is 10.9 Å². The van der Waals surface area contributed by atoms with E-state index >= 15 is 0 Å². The van der Waals surface area contributed by atoms with Crippen LogP contribution in [-0.2, 0) is 12.8 Å². The summed E-state index contributed by atoms with van der Waals surface area (Å²) in [5, 5.41) is 0.893. The fourth-order valence-corrected chi connectivity index (χ4v) is 3.72. The smallest absolute Gasteiger partial charge is 0.125 e. The molecule has 2 aliphatic carbocycles. The number of nitrogens with zero attached hydrogens (tertiary/aromatic N) is 1. The Morgan fingerprint density at radius 1 is 1.21 bits per heavy atom. The molecule has 19 heavy (non-hydrogen) atoms. The molecule has 0 saturated heterocycles. The lowest BCUT2D eigenvalue weighted by Crippen LogP contribution is -2.36. The van der Waals surface area contributed by atoms with Gasteiger partial charge in [0.2, 0.25) is 0 Å². The second kappa shape index (κ2) is 3.69. The van der Waals surface area contributed by atoms with Crippen LogP contribution in [0.4, 0.5) is 10.1 Å². The number of hydrogen-bond acceptors (Lipinski definition) is 2. The Kier molecular flexibility index (Phi) is 2.17. The Morgan fingerprint density at radius 2 is 2.05 bits per heavy atom. The lowest BCUT2D eigenvalue weighted by Gasteiger charge is -2.45. The van der Waals surface area contributed by atoms with Gasteiger partial charge in [-0.3, -0.25) is 4.98 Å². The summed E-state index contributed by atoms with van der Waals surface area (Å²) in [5.74, 6) is -0.242. The average Bonchev–Trinajstić information content (AvgIpc) is 2.36. The van der Waals surface area contributed by atoms with Crippen LogP contribution in [0.25, 0.3) is 10.9 Å². The van der Waals surface area contributed by atoms with Crippen LogP contribution in [0.5, 0.6) is 0 Å². The van der Waals surface area contributed by atoms with E-state index in [1.165, 1.54) is 43.4 Å². The third-order valence-corrected chi connectivity index (χ3v) is 5.04. The molecule has 0 amide bonds. The minimum Gasteiger partial charge on any atom is -0.398 e. The summed E-state index contributed by atoms with van der Waals surface area (Å²) in [5.41, 5.74) is 10.6. The van der Waals surface area contributed by atoms with Gasteiger partial charge in [0, 0.05) is 22.8 Å². The molecule has 2 nitrogen and oxygen atoms in total. The Labute approximate surface area is 111 Å². The van der Waals surface area contributed by atoms with Crippen molar-refractivity contribution in [2.24, 2.45) is 5.41 Å². The molecule has 0 atom stereocenters. The summed E-state index contributed by atoms with van der Waals surface area (Å²) < 4.78 is 13.3. The summed E-state index contributed by atoms with van der Waals surface area (Å²) >= 11 is 0. The van der Waals surface area contributed by atoms with Crippen LogP contribution in [0.15, 0.2) is 18.2 Å². The van der Waals surface area contributed by atoms with Crippen molar-refractivity contribution in [3.8, 4) is 0 Å². The van der Waals surface area contributed by atoms with Crippen molar-refractivity contribution in [1.82, 2.24) is 4.98 Å². The molecule has 3 heteroatoms. The number of benzene rings is 1. The van der Waals surface area contributed by atoms with Gasteiger partial charge >= 0.3 is 0 Å². The van der Waals surface area contributed by atoms with E-state index in [-0.39, 0.29) is 5.82 Å². The SMILES string of the molecule is Nc1c2c(nc3cc(F)ccc13)CC1(CCC1)CC2. The summed E-state index contributed by atoms with van der Waals surface area (Å²) in [6.07, 6.45) is 7.26. The molecule has 1 aromatic carbocycles. The second-order valence-corrected chi connectivity index (χ2v) is 6.14. The zero-order valence-corrected chi connectivity index (χ0v) is 10.9. The Hall–Kier alpha value is -1.64. The minimum atomic E-state index is -0.242. The van der Waals surface area contributed by atoms with Gasteiger partial charge < -0.3 is 5.73 Å². The van der Waals surface area contributed by atoms with Gasteiger partial charge in [-0.25, -0.2) is 4.39 Å². The van der Waals surface area contributed by atoms with Gasteiger partial charge in [0.25, 0.3) is 0 Å². The van der Waals surface area contributed by atoms with Crippen LogP contribution in [0, 0.1) is 11.2 Å². The van der Waals surface area contributed by atoms with Gasteiger partial charge in [0.05, 0.1) is 5.52 Å². The fourth-order valence-electron chi connectivity index (χ4n) is 3.72. The van der Waals surface area contributed by atoms with Crippen molar-refractivity contribution in [2.75, 3.05) is 5.73 Å². The molecule has 4 rings (SSSR count). The molecule has 1 spiro atoms. The first-order chi connectivity index (χ1) is 9.17. The van der Waals surface area contributed by atoms with Gasteiger partial charge in [-0.2, -0.15) is 0 Å². The van der Waals surface area contributed by atoms with Crippen LogP contribution in [0.1, 0.15) is 36.9 Å². The zero-order chi connectivity index (χ0) is 13.0. The quantitative estimate of drug-likeness (QED) is 0.782. The molecule has 2 aliphatic rings. The van der Waals surface area contributed by atoms with E-state index in [0.717, 1.165) is 29.6 Å². The van der Waals surface area contributed by atoms with E-state index in [1.54, 1.807) is 6.07 Å². The topological polar surface area (TPSA) is 38.9 Å². The normalized spacial score (nSPS) is 20.3. The van der Waals surface area contributed by atoms with Crippen molar-refractivity contribution in [3.05, 3.63) is 35.3 Å². The van der Waals surface area contributed by atoms with Crippen LogP contribution >= 0.6 is 0 Å². The van der Waals surface area contributed by atoms with Crippen molar-refractivity contribution in [1.29, 1.82) is 0 Å². The molecule has 0 bridgehead atoms. The summed E-state index contributed by atoms with van der Waals surface area (Å²) in [6, 6.07) is 4.71. The minimum absolute atomic E-state index is 0.242. The van der Waals surface area contributed by atoms with Gasteiger partial charge in [-0.05, 0) is 55.2 Å². The number of nitrogens with two attached hydrogens (primary N) is 1. The van der Waals surface area contributed by atoms with Crippen LogP contribution in [-0.4, -0.2) is 4.98 Å². The van der Waals surface area contributed by atoms with Crippen molar-refractivity contribution < 1.29 is 4.39 Å². The summed E-state index contributed by atoms with van der Waals surface area (Å²) in [7, 11) is 0. The molecular formula is C16H17FN2. The number of fused-ring (bicyclic) bond motifs is 2. The fraction of sp³-hybridized carbons (Fsp3) is 0.438. The number of anilines is 1. The van der Waals surface area contributed by atoms with Crippen LogP contribution in [0.3, 0.4) is 0 Å². The average molecular weight is 256 g/mol. The lowest BCUT2D eigenvalue weighted by molar-refractivity contribution is 0.110. The molecular weight excluding hydrogens is 239 g/mol. The van der Waals surface area contributed by atoms with Crippen molar-refractivity contribution in [2.45, 2.75) is 38.5 Å². The molecule has 1 heterocycles. The van der Waals surface area contributed by atoms with E-state index in [4.69, 9.17) is 10.7 Å². The first kappa shape index (κ1) is 11.2. The van der Waals surface area contributed by atoms with Gasteiger partial charge in [-0.15, -0.1) is 0 Å². The van der Waals surface area contributed by atoms with Gasteiger partial charge in [0.15, 0.2) is 0 Å². The monoisotopic (exact) mass is 256 g/mol. The number of nitrogen functional groups attached to an aromatic ring is 1. The first-order valence-corrected chi connectivity index (χ1v) is 7.03. The molecule has 1 saturated carbocycles. The van der Waals surface area contributed by atoms with Crippen LogP contribution < -0.4 is 5.73 Å². The van der Waals surface area contributed by atoms with E-state index in [2.05, 4.69) is 0 Å². The Morgan fingerprint density at radius 3 is 2.79 bits per heavy atom. The van der Waals surface area contributed by atoms with E-state index in [1.807, 2.05) is 0 Å². The molecule has 0 radical (unpaired) electrons. The maximum atomic E-state index is 13.3. The largest absolute Gasteiger partial charge is 0.398 e. The third kappa shape index (κ3) is 1.57. The number of halogens is 1. The zero-order valence-electron chi connectivity index (χ0n) is 10.9. The molecule has 98 valence electrons. The maximum absolute atomic E-state index is 13.3. The number of hydrogen-bond donors (Lipinski definition) is 1. The predicted molar refractivity (Wildman–Crippen MR) is 74.4 cm³/mol. The number of aromatic nitrogens is 1. The van der Waals surface area contributed by atoms with Crippen molar-refractivity contribution in [3.63, 3.8) is 0 Å². The lowest BCUT2D eigenvalue weighted by atomic mass is 9.60.